The monoisotopic (exact) mass is 481 g/mol. The van der Waals surface area contributed by atoms with Crippen LogP contribution in [0.4, 0.5) is 4.79 Å². The highest BCUT2D eigenvalue weighted by molar-refractivity contribution is 6.35. The van der Waals surface area contributed by atoms with E-state index in [0.29, 0.717) is 22.2 Å². The molecular weight excluding hydrogens is 453 g/mol. The van der Waals surface area contributed by atoms with Crippen molar-refractivity contribution in [3.63, 3.8) is 0 Å². The van der Waals surface area contributed by atoms with Crippen molar-refractivity contribution >= 4 is 35.3 Å². The molecule has 1 N–H and O–H groups in total. The van der Waals surface area contributed by atoms with E-state index >= 15 is 0 Å². The van der Waals surface area contributed by atoms with E-state index in [1.54, 1.807) is 45.9 Å². The Labute approximate surface area is 199 Å². The van der Waals surface area contributed by atoms with Gasteiger partial charge in [0.2, 0.25) is 0 Å². The van der Waals surface area contributed by atoms with Crippen molar-refractivity contribution in [2.45, 2.75) is 58.8 Å². The standard InChI is InChI=1S/C24H29Cl2NO5/c1-5-30-22(28)14-17(27-23(29)32-24(2,3)4)13-16-9-11-18(12-10-16)31-15-19-20(25)7-6-8-21(19)26/h6-12,17H,5,13-15H2,1-4H3,(H,27,29). The van der Waals surface area contributed by atoms with Gasteiger partial charge in [-0.3, -0.25) is 4.79 Å². The number of ether oxygens (including phenoxy) is 3. The van der Waals surface area contributed by atoms with Gasteiger partial charge in [-0.05, 0) is 63.9 Å². The van der Waals surface area contributed by atoms with Gasteiger partial charge in [-0.1, -0.05) is 41.4 Å². The van der Waals surface area contributed by atoms with Gasteiger partial charge in [-0.25, -0.2) is 4.79 Å². The van der Waals surface area contributed by atoms with Crippen LogP contribution >= 0.6 is 23.2 Å². The maximum Gasteiger partial charge on any atom is 0.407 e. The zero-order valence-corrected chi connectivity index (χ0v) is 20.3. The number of carbonyl (C=O) groups is 2. The van der Waals surface area contributed by atoms with Crippen LogP contribution in [0.5, 0.6) is 5.75 Å². The summed E-state index contributed by atoms with van der Waals surface area (Å²) in [6, 6.07) is 12.2. The van der Waals surface area contributed by atoms with Crippen molar-refractivity contribution in [3.05, 3.63) is 63.6 Å². The van der Waals surface area contributed by atoms with Crippen molar-refractivity contribution in [2.75, 3.05) is 6.61 Å². The largest absolute Gasteiger partial charge is 0.489 e. The van der Waals surface area contributed by atoms with Crippen molar-refractivity contribution < 1.29 is 23.8 Å². The van der Waals surface area contributed by atoms with E-state index in [-0.39, 0.29) is 25.6 Å². The predicted molar refractivity (Wildman–Crippen MR) is 125 cm³/mol. The van der Waals surface area contributed by atoms with Gasteiger partial charge in [-0.2, -0.15) is 0 Å². The fraction of sp³-hybridized carbons (Fsp3) is 0.417. The maximum atomic E-state index is 12.2. The van der Waals surface area contributed by atoms with Crippen molar-refractivity contribution in [3.8, 4) is 5.75 Å². The van der Waals surface area contributed by atoms with Gasteiger partial charge in [0.15, 0.2) is 0 Å². The Kier molecular flexibility index (Phi) is 9.66. The van der Waals surface area contributed by atoms with Crippen LogP contribution in [0.25, 0.3) is 0 Å². The normalized spacial score (nSPS) is 12.1. The smallest absolute Gasteiger partial charge is 0.407 e. The van der Waals surface area contributed by atoms with E-state index in [9.17, 15) is 9.59 Å². The Bertz CT molecular complexity index is 889. The Morgan fingerprint density at radius 3 is 2.22 bits per heavy atom. The number of rotatable bonds is 9. The number of halogens is 2. The zero-order valence-electron chi connectivity index (χ0n) is 18.7. The van der Waals surface area contributed by atoms with E-state index in [4.69, 9.17) is 37.4 Å². The second-order valence-corrected chi connectivity index (χ2v) is 9.00. The van der Waals surface area contributed by atoms with Crippen LogP contribution in [0.15, 0.2) is 42.5 Å². The molecule has 0 aromatic heterocycles. The first-order valence-corrected chi connectivity index (χ1v) is 11.1. The van der Waals surface area contributed by atoms with Gasteiger partial charge in [0.05, 0.1) is 13.0 Å². The average molecular weight is 482 g/mol. The Morgan fingerprint density at radius 1 is 1.03 bits per heavy atom. The third-order valence-electron chi connectivity index (χ3n) is 4.29. The van der Waals surface area contributed by atoms with E-state index < -0.39 is 17.7 Å². The Morgan fingerprint density at radius 2 is 1.66 bits per heavy atom. The number of nitrogens with one attached hydrogen (secondary N) is 1. The third-order valence-corrected chi connectivity index (χ3v) is 5.00. The first-order chi connectivity index (χ1) is 15.1. The van der Waals surface area contributed by atoms with E-state index in [2.05, 4.69) is 5.32 Å². The number of hydrogen-bond acceptors (Lipinski definition) is 5. The van der Waals surface area contributed by atoms with Crippen LogP contribution < -0.4 is 10.1 Å². The van der Waals surface area contributed by atoms with E-state index in [0.717, 1.165) is 11.1 Å². The fourth-order valence-corrected chi connectivity index (χ4v) is 3.41. The molecule has 2 aromatic carbocycles. The molecule has 2 rings (SSSR count). The summed E-state index contributed by atoms with van der Waals surface area (Å²) in [6.45, 7) is 7.59. The van der Waals surface area contributed by atoms with Crippen LogP contribution in [0, 0.1) is 0 Å². The summed E-state index contributed by atoms with van der Waals surface area (Å²) in [5.41, 5.74) is 0.997. The minimum Gasteiger partial charge on any atom is -0.489 e. The van der Waals surface area contributed by atoms with Crippen LogP contribution in [0.2, 0.25) is 10.0 Å². The quantitative estimate of drug-likeness (QED) is 0.447. The maximum absolute atomic E-state index is 12.2. The zero-order chi connectivity index (χ0) is 23.7. The molecule has 0 saturated carbocycles. The van der Waals surface area contributed by atoms with Crippen molar-refractivity contribution in [1.82, 2.24) is 5.32 Å². The molecule has 1 atom stereocenters. The second-order valence-electron chi connectivity index (χ2n) is 8.19. The summed E-state index contributed by atoms with van der Waals surface area (Å²) in [6.07, 6.45) is -0.117. The molecule has 0 aliphatic heterocycles. The minimum atomic E-state index is -0.637. The van der Waals surface area contributed by atoms with E-state index in [1.165, 1.54) is 0 Å². The molecular formula is C24H29Cl2NO5. The molecule has 0 aliphatic rings. The molecule has 0 radical (unpaired) electrons. The molecule has 0 heterocycles. The summed E-state index contributed by atoms with van der Waals surface area (Å²) in [7, 11) is 0. The lowest BCUT2D eigenvalue weighted by Gasteiger charge is -2.23. The molecule has 174 valence electrons. The average Bonchev–Trinajstić information content (AvgIpc) is 2.67. The summed E-state index contributed by atoms with van der Waals surface area (Å²) >= 11 is 12.4. The molecule has 6 nitrogen and oxygen atoms in total. The van der Waals surface area contributed by atoms with Crippen molar-refractivity contribution in [1.29, 1.82) is 0 Å². The highest BCUT2D eigenvalue weighted by Gasteiger charge is 2.22. The fourth-order valence-electron chi connectivity index (χ4n) is 2.90. The number of amides is 1. The lowest BCUT2D eigenvalue weighted by molar-refractivity contribution is -0.143. The Balaban J connectivity index is 2.02. The summed E-state index contributed by atoms with van der Waals surface area (Å²) < 4.78 is 16.1. The van der Waals surface area contributed by atoms with Gasteiger partial charge < -0.3 is 19.5 Å². The number of benzene rings is 2. The summed E-state index contributed by atoms with van der Waals surface area (Å²) in [5, 5.41) is 3.85. The molecule has 0 spiro atoms. The molecule has 0 bridgehead atoms. The van der Waals surface area contributed by atoms with Crippen molar-refractivity contribution in [2.24, 2.45) is 0 Å². The molecule has 1 amide bonds. The highest BCUT2D eigenvalue weighted by atomic mass is 35.5. The van der Waals surface area contributed by atoms with Crippen LogP contribution in [0.1, 0.15) is 45.2 Å². The van der Waals surface area contributed by atoms with Gasteiger partial charge in [-0.15, -0.1) is 0 Å². The molecule has 8 heteroatoms. The predicted octanol–water partition coefficient (Wildman–Crippen LogP) is 5.96. The summed E-state index contributed by atoms with van der Waals surface area (Å²) in [4.78, 5) is 24.2. The first-order valence-electron chi connectivity index (χ1n) is 10.4. The topological polar surface area (TPSA) is 73.9 Å². The highest BCUT2D eigenvalue weighted by Crippen LogP contribution is 2.26. The van der Waals surface area contributed by atoms with Gasteiger partial charge >= 0.3 is 12.1 Å². The Hall–Kier alpha value is -2.44. The molecule has 32 heavy (non-hydrogen) atoms. The second kappa shape index (κ2) is 12.0. The number of alkyl carbamates (subject to hydrolysis) is 1. The first kappa shape index (κ1) is 25.8. The SMILES string of the molecule is CCOC(=O)CC(Cc1ccc(OCc2c(Cl)cccc2Cl)cc1)NC(=O)OC(C)(C)C. The molecule has 1 unspecified atom stereocenters. The molecule has 0 saturated heterocycles. The molecule has 2 aromatic rings. The number of hydrogen-bond donors (Lipinski definition) is 1. The number of esters is 1. The van der Waals surface area contributed by atoms with Gasteiger partial charge in [0.25, 0.3) is 0 Å². The van der Waals surface area contributed by atoms with Crippen LogP contribution in [-0.2, 0) is 27.3 Å². The van der Waals surface area contributed by atoms with Gasteiger partial charge in [0.1, 0.15) is 18.0 Å². The van der Waals surface area contributed by atoms with Gasteiger partial charge in [0, 0.05) is 21.7 Å². The third kappa shape index (κ3) is 8.97. The molecule has 0 aliphatic carbocycles. The summed E-state index contributed by atoms with van der Waals surface area (Å²) in [5.74, 6) is 0.261. The molecule has 0 fully saturated rings. The van der Waals surface area contributed by atoms with Crippen LogP contribution in [-0.4, -0.2) is 30.3 Å². The van der Waals surface area contributed by atoms with Crippen LogP contribution in [0.3, 0.4) is 0 Å². The van der Waals surface area contributed by atoms with E-state index in [1.807, 2.05) is 24.3 Å². The lowest BCUT2D eigenvalue weighted by atomic mass is 10.0. The minimum absolute atomic E-state index is 0.0380. The lowest BCUT2D eigenvalue weighted by Crippen LogP contribution is -2.41. The number of carbonyl (C=O) groups excluding carboxylic acids is 2.